The van der Waals surface area contributed by atoms with E-state index in [1.165, 1.54) is 14.1 Å². The molecular weight excluding hydrogens is 234 g/mol. The molecule has 1 rings (SSSR count). The molecule has 0 spiro atoms. The number of hydrogen-bond donors (Lipinski definition) is 0. The van der Waals surface area contributed by atoms with Gasteiger partial charge in [0.15, 0.2) is 0 Å². The summed E-state index contributed by atoms with van der Waals surface area (Å²) in [6.45, 7) is 0.989. The fourth-order valence-electron chi connectivity index (χ4n) is 1.67. The smallest absolute Gasteiger partial charge is 0.322 e. The van der Waals surface area contributed by atoms with Gasteiger partial charge in [0.1, 0.15) is 0 Å². The molecule has 0 aliphatic carbocycles. The van der Waals surface area contributed by atoms with Crippen LogP contribution in [0.25, 0.3) is 0 Å². The topological polar surface area (TPSA) is 49.9 Å². The van der Waals surface area contributed by atoms with Gasteiger partial charge in [0.25, 0.3) is 0 Å². The SMILES string of the molecule is CCCC(=O)OC1N(C)C(=O)N(C)CC1(F)F. The van der Waals surface area contributed by atoms with Gasteiger partial charge in [-0.3, -0.25) is 9.69 Å². The Balaban J connectivity index is 2.80. The fourth-order valence-corrected chi connectivity index (χ4v) is 1.67. The molecule has 1 aliphatic rings. The van der Waals surface area contributed by atoms with Crippen LogP contribution in [-0.2, 0) is 9.53 Å². The highest BCUT2D eigenvalue weighted by Crippen LogP contribution is 2.29. The number of alkyl halides is 2. The maximum absolute atomic E-state index is 13.6. The highest BCUT2D eigenvalue weighted by atomic mass is 19.3. The quantitative estimate of drug-likeness (QED) is 0.709. The molecule has 0 radical (unpaired) electrons. The van der Waals surface area contributed by atoms with Crippen molar-refractivity contribution in [2.45, 2.75) is 31.9 Å². The molecule has 0 bridgehead atoms. The third kappa shape index (κ3) is 2.83. The monoisotopic (exact) mass is 250 g/mol. The lowest BCUT2D eigenvalue weighted by Gasteiger charge is -2.41. The number of carbonyl (C=O) groups is 2. The van der Waals surface area contributed by atoms with E-state index < -0.39 is 30.7 Å². The van der Waals surface area contributed by atoms with Gasteiger partial charge in [0, 0.05) is 20.5 Å². The minimum Gasteiger partial charge on any atom is -0.435 e. The van der Waals surface area contributed by atoms with Crippen LogP contribution in [0.1, 0.15) is 19.8 Å². The van der Waals surface area contributed by atoms with Crippen LogP contribution in [0.5, 0.6) is 0 Å². The average Bonchev–Trinajstić information content (AvgIpc) is 2.21. The minimum absolute atomic E-state index is 0.0600. The van der Waals surface area contributed by atoms with Gasteiger partial charge >= 0.3 is 17.9 Å². The molecule has 17 heavy (non-hydrogen) atoms. The summed E-state index contributed by atoms with van der Waals surface area (Å²) < 4.78 is 31.9. The lowest BCUT2D eigenvalue weighted by Crippen LogP contribution is -2.63. The Morgan fingerprint density at radius 1 is 1.53 bits per heavy atom. The third-order valence-electron chi connectivity index (χ3n) is 2.49. The minimum atomic E-state index is -3.26. The molecule has 1 saturated heterocycles. The zero-order valence-corrected chi connectivity index (χ0v) is 10.1. The zero-order chi connectivity index (χ0) is 13.2. The molecule has 1 atom stereocenters. The van der Waals surface area contributed by atoms with Gasteiger partial charge in [-0.1, -0.05) is 6.92 Å². The van der Waals surface area contributed by atoms with E-state index in [0.29, 0.717) is 6.42 Å². The van der Waals surface area contributed by atoms with Crippen LogP contribution in [-0.4, -0.2) is 54.6 Å². The molecule has 0 aromatic rings. The van der Waals surface area contributed by atoms with Crippen molar-refractivity contribution in [2.24, 2.45) is 0 Å². The first-order chi connectivity index (χ1) is 7.79. The highest BCUT2D eigenvalue weighted by Gasteiger charge is 2.52. The Hall–Kier alpha value is -1.40. The lowest BCUT2D eigenvalue weighted by atomic mass is 10.2. The van der Waals surface area contributed by atoms with Crippen molar-refractivity contribution >= 4 is 12.0 Å². The standard InChI is InChI=1S/C10H16F2N2O3/c1-4-5-7(15)17-8-10(11,12)6-13(2)9(16)14(8)3/h8H,4-6H2,1-3H3. The van der Waals surface area contributed by atoms with Crippen molar-refractivity contribution in [3.63, 3.8) is 0 Å². The summed E-state index contributed by atoms with van der Waals surface area (Å²) in [5.41, 5.74) is 0. The molecule has 0 N–H and O–H groups in total. The summed E-state index contributed by atoms with van der Waals surface area (Å²) in [5, 5.41) is 0. The van der Waals surface area contributed by atoms with Crippen LogP contribution < -0.4 is 0 Å². The summed E-state index contributed by atoms with van der Waals surface area (Å²) in [5.74, 6) is -3.98. The molecule has 5 nitrogen and oxygen atoms in total. The van der Waals surface area contributed by atoms with Crippen LogP contribution >= 0.6 is 0 Å². The number of rotatable bonds is 3. The number of nitrogens with zero attached hydrogens (tertiary/aromatic N) is 2. The van der Waals surface area contributed by atoms with E-state index in [2.05, 4.69) is 4.74 Å². The Morgan fingerprint density at radius 3 is 2.65 bits per heavy atom. The predicted octanol–water partition coefficient (Wildman–Crippen LogP) is 1.29. The molecule has 98 valence electrons. The summed E-state index contributed by atoms with van der Waals surface area (Å²) in [6, 6.07) is -0.592. The summed E-state index contributed by atoms with van der Waals surface area (Å²) >= 11 is 0. The number of ether oxygens (including phenoxy) is 1. The maximum Gasteiger partial charge on any atom is 0.322 e. The van der Waals surface area contributed by atoms with E-state index in [9.17, 15) is 18.4 Å². The van der Waals surface area contributed by atoms with Gasteiger partial charge in [-0.15, -0.1) is 0 Å². The average molecular weight is 250 g/mol. The Labute approximate surface area is 98.3 Å². The highest BCUT2D eigenvalue weighted by molar-refractivity contribution is 5.76. The fraction of sp³-hybridized carbons (Fsp3) is 0.800. The number of amides is 2. The second kappa shape index (κ2) is 4.85. The van der Waals surface area contributed by atoms with E-state index in [1.807, 2.05) is 0 Å². The predicted molar refractivity (Wildman–Crippen MR) is 55.5 cm³/mol. The van der Waals surface area contributed by atoms with Crippen molar-refractivity contribution in [1.82, 2.24) is 9.80 Å². The molecule has 1 fully saturated rings. The van der Waals surface area contributed by atoms with Crippen LogP contribution in [0.4, 0.5) is 13.6 Å². The first kappa shape index (κ1) is 13.7. The molecule has 0 aromatic carbocycles. The molecular formula is C10H16F2N2O3. The van der Waals surface area contributed by atoms with Gasteiger partial charge in [-0.25, -0.2) is 4.79 Å². The molecule has 7 heteroatoms. The van der Waals surface area contributed by atoms with Gasteiger partial charge in [0.05, 0.1) is 6.54 Å². The molecule has 1 aliphatic heterocycles. The summed E-state index contributed by atoms with van der Waals surface area (Å²) in [4.78, 5) is 24.4. The van der Waals surface area contributed by atoms with E-state index >= 15 is 0 Å². The van der Waals surface area contributed by atoms with Crippen LogP contribution in [0.15, 0.2) is 0 Å². The zero-order valence-electron chi connectivity index (χ0n) is 10.1. The Morgan fingerprint density at radius 2 is 2.12 bits per heavy atom. The lowest BCUT2D eigenvalue weighted by molar-refractivity contribution is -0.210. The van der Waals surface area contributed by atoms with E-state index in [4.69, 9.17) is 0 Å². The first-order valence-corrected chi connectivity index (χ1v) is 5.34. The van der Waals surface area contributed by atoms with Gasteiger partial charge in [-0.05, 0) is 6.42 Å². The molecule has 0 aromatic heterocycles. The molecule has 0 saturated carbocycles. The number of hydrogen-bond acceptors (Lipinski definition) is 3. The van der Waals surface area contributed by atoms with Crippen molar-refractivity contribution in [1.29, 1.82) is 0 Å². The van der Waals surface area contributed by atoms with Crippen LogP contribution in [0.3, 0.4) is 0 Å². The second-order valence-electron chi connectivity index (χ2n) is 4.10. The van der Waals surface area contributed by atoms with Gasteiger partial charge in [-0.2, -0.15) is 8.78 Å². The van der Waals surface area contributed by atoms with Crippen LogP contribution in [0, 0.1) is 0 Å². The first-order valence-electron chi connectivity index (χ1n) is 5.34. The molecule has 1 unspecified atom stereocenters. The Kier molecular flexibility index (Phi) is 3.90. The van der Waals surface area contributed by atoms with Crippen molar-refractivity contribution in [3.8, 4) is 0 Å². The third-order valence-corrected chi connectivity index (χ3v) is 2.49. The number of esters is 1. The number of carbonyl (C=O) groups excluding carboxylic acids is 2. The molecule has 1 heterocycles. The van der Waals surface area contributed by atoms with E-state index in [-0.39, 0.29) is 6.42 Å². The van der Waals surface area contributed by atoms with E-state index in [1.54, 1.807) is 6.92 Å². The normalized spacial score (nSPS) is 23.8. The van der Waals surface area contributed by atoms with Crippen molar-refractivity contribution < 1.29 is 23.1 Å². The molecule has 2 amide bonds. The van der Waals surface area contributed by atoms with Crippen molar-refractivity contribution in [3.05, 3.63) is 0 Å². The second-order valence-corrected chi connectivity index (χ2v) is 4.10. The van der Waals surface area contributed by atoms with Gasteiger partial charge in [0.2, 0.25) is 6.23 Å². The number of urea groups is 1. The van der Waals surface area contributed by atoms with Gasteiger partial charge < -0.3 is 9.64 Å². The van der Waals surface area contributed by atoms with Crippen LogP contribution in [0.2, 0.25) is 0 Å². The number of halogens is 2. The Bertz CT molecular complexity index is 323. The maximum atomic E-state index is 13.6. The summed E-state index contributed by atoms with van der Waals surface area (Å²) in [7, 11) is 2.46. The largest absolute Gasteiger partial charge is 0.435 e. The summed E-state index contributed by atoms with van der Waals surface area (Å²) in [6.07, 6.45) is -1.25. The van der Waals surface area contributed by atoms with E-state index in [0.717, 1.165) is 9.80 Å². The van der Waals surface area contributed by atoms with Crippen molar-refractivity contribution in [2.75, 3.05) is 20.6 Å².